The van der Waals surface area contributed by atoms with E-state index in [0.29, 0.717) is 6.04 Å². The second kappa shape index (κ2) is 18.7. The molecular weight excluding hydrogens is 497 g/mol. The highest BCUT2D eigenvalue weighted by Crippen LogP contribution is 2.48. The van der Waals surface area contributed by atoms with Gasteiger partial charge in [0, 0.05) is 29.6 Å². The monoisotopic (exact) mass is 555 g/mol. The summed E-state index contributed by atoms with van der Waals surface area (Å²) < 4.78 is 21.0. The van der Waals surface area contributed by atoms with Gasteiger partial charge in [0.1, 0.15) is 11.6 Å². The third-order valence-corrected chi connectivity index (χ3v) is 7.52. The quantitative estimate of drug-likeness (QED) is 0.332. The molecule has 2 fully saturated rings. The molecule has 3 heterocycles. The van der Waals surface area contributed by atoms with E-state index >= 15 is 0 Å². The van der Waals surface area contributed by atoms with Crippen molar-refractivity contribution in [2.45, 2.75) is 126 Å². The minimum Gasteiger partial charge on any atom is -0.478 e. The average molecular weight is 556 g/mol. The lowest BCUT2D eigenvalue weighted by Crippen LogP contribution is -2.46. The summed E-state index contributed by atoms with van der Waals surface area (Å²) in [6.07, 6.45) is 7.08. The Hall–Kier alpha value is -2.53. The molecule has 0 N–H and O–H groups in total. The van der Waals surface area contributed by atoms with Crippen LogP contribution in [-0.4, -0.2) is 33.7 Å². The molecular formula is C35H58FN3O. The van der Waals surface area contributed by atoms with Crippen LogP contribution in [0.4, 0.5) is 4.39 Å². The van der Waals surface area contributed by atoms with Crippen molar-refractivity contribution >= 4 is 0 Å². The molecule has 0 saturated carbocycles. The van der Waals surface area contributed by atoms with Gasteiger partial charge in [0.15, 0.2) is 6.23 Å². The Morgan fingerprint density at radius 3 is 2.23 bits per heavy atom. The Labute approximate surface area is 246 Å². The van der Waals surface area contributed by atoms with Crippen LogP contribution in [0.2, 0.25) is 0 Å². The molecule has 2 saturated heterocycles. The highest BCUT2D eigenvalue weighted by Gasteiger charge is 2.50. The normalized spacial score (nSPS) is 19.4. The Bertz CT molecular complexity index is 1020. The highest BCUT2D eigenvalue weighted by molar-refractivity contribution is 5.67. The van der Waals surface area contributed by atoms with Crippen LogP contribution < -0.4 is 0 Å². The van der Waals surface area contributed by atoms with Crippen molar-refractivity contribution in [3.05, 3.63) is 72.7 Å². The van der Waals surface area contributed by atoms with Crippen molar-refractivity contribution < 1.29 is 9.13 Å². The summed E-state index contributed by atoms with van der Waals surface area (Å²) in [5.74, 6) is 0.859. The standard InChI is InChI=1S/C26H34FN3O.C3H8.2C2H6.C2H4/c1-7-21(25-30-13-9-10-23(30)18(5)31-25)26(6,8-2)22-14-19(27)11-12-20(22)24-17(4)29-16(3)15-28-24;1-3-2;3*1-2/h11-12,14-15,21,23,25H,5,7-10,13H2,1-4,6H3;3H2,1-2H3;2*1-2H3;1-2H2/t21-,23-,25+,26?;;;;/m0..../s1. The smallest absolute Gasteiger partial charge is 0.156 e. The van der Waals surface area contributed by atoms with Crippen molar-refractivity contribution in [2.24, 2.45) is 5.92 Å². The summed E-state index contributed by atoms with van der Waals surface area (Å²) in [4.78, 5) is 11.8. The molecule has 4 rings (SSSR count). The van der Waals surface area contributed by atoms with Gasteiger partial charge in [0.2, 0.25) is 0 Å². The minimum absolute atomic E-state index is 0.0312. The van der Waals surface area contributed by atoms with Gasteiger partial charge >= 0.3 is 0 Å². The fraction of sp³-hybridized carbons (Fsp3) is 0.600. The first-order valence-corrected chi connectivity index (χ1v) is 15.4. The molecule has 0 spiro atoms. The highest BCUT2D eigenvalue weighted by atomic mass is 19.1. The number of hydrogen-bond donors (Lipinski definition) is 0. The van der Waals surface area contributed by atoms with Gasteiger partial charge in [0.05, 0.1) is 23.1 Å². The van der Waals surface area contributed by atoms with Crippen LogP contribution in [0, 0.1) is 25.6 Å². The molecule has 2 aliphatic rings. The van der Waals surface area contributed by atoms with Gasteiger partial charge in [-0.15, -0.1) is 13.2 Å². The summed E-state index contributed by atoms with van der Waals surface area (Å²) in [6.45, 7) is 34.1. The molecule has 5 heteroatoms. The summed E-state index contributed by atoms with van der Waals surface area (Å²) in [5, 5.41) is 0. The van der Waals surface area contributed by atoms with E-state index in [9.17, 15) is 4.39 Å². The second-order valence-electron chi connectivity index (χ2n) is 10.00. The van der Waals surface area contributed by atoms with E-state index < -0.39 is 0 Å². The van der Waals surface area contributed by atoms with Gasteiger partial charge in [-0.3, -0.25) is 14.9 Å². The summed E-state index contributed by atoms with van der Waals surface area (Å²) >= 11 is 0. The summed E-state index contributed by atoms with van der Waals surface area (Å²) in [6, 6.07) is 5.41. The van der Waals surface area contributed by atoms with Crippen LogP contribution in [0.15, 0.2) is 49.9 Å². The van der Waals surface area contributed by atoms with Crippen LogP contribution in [0.3, 0.4) is 0 Å². The lowest BCUT2D eigenvalue weighted by Gasteiger charge is -2.43. The molecule has 4 atom stereocenters. The van der Waals surface area contributed by atoms with Crippen molar-refractivity contribution in [2.75, 3.05) is 6.54 Å². The van der Waals surface area contributed by atoms with E-state index in [0.717, 1.165) is 59.8 Å². The van der Waals surface area contributed by atoms with E-state index in [4.69, 9.17) is 9.72 Å². The largest absolute Gasteiger partial charge is 0.478 e. The number of aryl methyl sites for hydroxylation is 2. The first-order chi connectivity index (χ1) is 19.2. The predicted molar refractivity (Wildman–Crippen MR) is 172 cm³/mol. The molecule has 0 bridgehead atoms. The zero-order valence-corrected chi connectivity index (χ0v) is 27.5. The van der Waals surface area contributed by atoms with Gasteiger partial charge in [-0.05, 0) is 63.3 Å². The molecule has 1 unspecified atom stereocenters. The number of halogens is 1. The number of rotatable bonds is 6. The molecule has 4 nitrogen and oxygen atoms in total. The van der Waals surface area contributed by atoms with Crippen LogP contribution in [0.5, 0.6) is 0 Å². The van der Waals surface area contributed by atoms with E-state index in [1.165, 1.54) is 18.9 Å². The van der Waals surface area contributed by atoms with Crippen LogP contribution >= 0.6 is 0 Å². The minimum atomic E-state index is -0.298. The zero-order chi connectivity index (χ0) is 31.0. The maximum Gasteiger partial charge on any atom is 0.156 e. The number of ether oxygens (including phenoxy) is 1. The van der Waals surface area contributed by atoms with E-state index in [1.807, 2.05) is 47.6 Å². The molecule has 1 aromatic carbocycles. The van der Waals surface area contributed by atoms with Crippen molar-refractivity contribution in [3.63, 3.8) is 0 Å². The average Bonchev–Trinajstić information content (AvgIpc) is 3.57. The predicted octanol–water partition coefficient (Wildman–Crippen LogP) is 10.2. The Balaban J connectivity index is 0.00000153. The Kier molecular flexibility index (Phi) is 17.6. The molecule has 1 aromatic heterocycles. The summed E-state index contributed by atoms with van der Waals surface area (Å²) in [5.41, 5.74) is 4.22. The van der Waals surface area contributed by atoms with Crippen molar-refractivity contribution in [3.8, 4) is 11.3 Å². The van der Waals surface area contributed by atoms with E-state index in [1.54, 1.807) is 12.3 Å². The lowest BCUT2D eigenvalue weighted by atomic mass is 9.66. The van der Waals surface area contributed by atoms with Crippen LogP contribution in [-0.2, 0) is 10.2 Å². The molecule has 40 heavy (non-hydrogen) atoms. The van der Waals surface area contributed by atoms with Crippen LogP contribution in [0.1, 0.15) is 111 Å². The molecule has 0 aliphatic carbocycles. The van der Waals surface area contributed by atoms with Gasteiger partial charge in [-0.2, -0.15) is 0 Å². The van der Waals surface area contributed by atoms with Gasteiger partial charge in [0.25, 0.3) is 0 Å². The maximum absolute atomic E-state index is 14.6. The van der Waals surface area contributed by atoms with Crippen molar-refractivity contribution in [1.29, 1.82) is 0 Å². The first kappa shape index (κ1) is 37.5. The van der Waals surface area contributed by atoms with Crippen LogP contribution in [0.25, 0.3) is 11.3 Å². The fourth-order valence-corrected chi connectivity index (χ4v) is 5.73. The first-order valence-electron chi connectivity index (χ1n) is 15.4. The third-order valence-electron chi connectivity index (χ3n) is 7.52. The van der Waals surface area contributed by atoms with Crippen molar-refractivity contribution in [1.82, 2.24) is 14.9 Å². The number of aromatic nitrogens is 2. The SMILES string of the molecule is C=C.C=C1O[C@H]([C@H](CC)C(C)(CC)c2cc(F)ccc2-c2ncc(C)nc2C)N2CCC[C@@H]12.CC.CC.CCC. The molecule has 226 valence electrons. The van der Waals surface area contributed by atoms with E-state index in [2.05, 4.69) is 64.2 Å². The number of nitrogens with zero attached hydrogens (tertiary/aromatic N) is 3. The molecule has 2 aromatic rings. The van der Waals surface area contributed by atoms with Gasteiger partial charge in [-0.1, -0.05) is 75.3 Å². The number of hydrogen-bond acceptors (Lipinski definition) is 4. The van der Waals surface area contributed by atoms with Gasteiger partial charge < -0.3 is 4.74 Å². The zero-order valence-electron chi connectivity index (χ0n) is 27.5. The van der Waals surface area contributed by atoms with E-state index in [-0.39, 0.29) is 23.4 Å². The fourth-order valence-electron chi connectivity index (χ4n) is 5.73. The second-order valence-corrected chi connectivity index (χ2v) is 10.00. The lowest BCUT2D eigenvalue weighted by molar-refractivity contribution is -0.0261. The molecule has 2 aliphatic heterocycles. The number of benzene rings is 1. The van der Waals surface area contributed by atoms with Gasteiger partial charge in [-0.25, -0.2) is 4.39 Å². The Morgan fingerprint density at radius 1 is 1.10 bits per heavy atom. The molecule has 0 amide bonds. The summed E-state index contributed by atoms with van der Waals surface area (Å²) in [7, 11) is 0. The third kappa shape index (κ3) is 8.49. The number of fused-ring (bicyclic) bond motifs is 1. The Morgan fingerprint density at radius 2 is 1.70 bits per heavy atom. The maximum atomic E-state index is 14.6. The molecule has 0 radical (unpaired) electrons. The topological polar surface area (TPSA) is 38.3 Å².